The van der Waals surface area contributed by atoms with Crippen LogP contribution < -0.4 is 15.0 Å². The van der Waals surface area contributed by atoms with Gasteiger partial charge in [0.05, 0.1) is 24.0 Å². The van der Waals surface area contributed by atoms with E-state index in [1.54, 1.807) is 23.1 Å². The Morgan fingerprint density at radius 2 is 1.97 bits per heavy atom. The van der Waals surface area contributed by atoms with Gasteiger partial charge in [0.2, 0.25) is 5.91 Å². The lowest BCUT2D eigenvalue weighted by Gasteiger charge is -2.37. The summed E-state index contributed by atoms with van der Waals surface area (Å²) >= 11 is 0. The number of phenols is 1. The van der Waals surface area contributed by atoms with Crippen molar-refractivity contribution >= 4 is 23.1 Å². The SMILES string of the molecule is CCOc1cc([C@@H]2C3=C(CC(C)(C)CC3=O)Nc3ccccc3N2C(C)=O)ccc1O. The van der Waals surface area contributed by atoms with Gasteiger partial charge >= 0.3 is 0 Å². The molecule has 0 saturated carbocycles. The molecule has 1 amide bonds. The molecule has 2 aromatic rings. The number of allylic oxidation sites excluding steroid dienone is 1. The van der Waals surface area contributed by atoms with Gasteiger partial charge < -0.3 is 15.2 Å². The molecule has 1 atom stereocenters. The van der Waals surface area contributed by atoms with Crippen LogP contribution in [0.2, 0.25) is 0 Å². The third-order valence-corrected chi connectivity index (χ3v) is 5.84. The number of anilines is 2. The molecule has 2 aliphatic rings. The van der Waals surface area contributed by atoms with Gasteiger partial charge in [0.25, 0.3) is 0 Å². The van der Waals surface area contributed by atoms with E-state index < -0.39 is 6.04 Å². The van der Waals surface area contributed by atoms with Gasteiger partial charge in [-0.15, -0.1) is 0 Å². The van der Waals surface area contributed by atoms with Crippen molar-refractivity contribution in [2.24, 2.45) is 5.41 Å². The molecule has 4 rings (SSSR count). The number of ketones is 1. The molecule has 1 heterocycles. The van der Waals surface area contributed by atoms with Crippen LogP contribution in [0.4, 0.5) is 11.4 Å². The molecule has 0 bridgehead atoms. The van der Waals surface area contributed by atoms with Crippen LogP contribution in [0.1, 0.15) is 52.1 Å². The Kier molecular flexibility index (Phi) is 5.25. The molecule has 0 saturated heterocycles. The fraction of sp³-hybridized carbons (Fsp3) is 0.360. The first-order valence-electron chi connectivity index (χ1n) is 10.6. The first-order chi connectivity index (χ1) is 14.7. The molecule has 2 N–H and O–H groups in total. The zero-order valence-corrected chi connectivity index (χ0v) is 18.4. The molecule has 1 aliphatic heterocycles. The molecule has 162 valence electrons. The number of carbonyl (C=O) groups excluding carboxylic acids is 2. The third-order valence-electron chi connectivity index (χ3n) is 5.84. The molecule has 0 spiro atoms. The summed E-state index contributed by atoms with van der Waals surface area (Å²) in [7, 11) is 0. The molecule has 31 heavy (non-hydrogen) atoms. The number of fused-ring (bicyclic) bond motifs is 1. The highest BCUT2D eigenvalue weighted by atomic mass is 16.5. The van der Waals surface area contributed by atoms with Gasteiger partial charge in [0.15, 0.2) is 17.3 Å². The Bertz CT molecular complexity index is 1090. The normalized spacial score (nSPS) is 19.8. The Balaban J connectivity index is 1.99. The topological polar surface area (TPSA) is 78.9 Å². The molecule has 6 heteroatoms. The van der Waals surface area contributed by atoms with E-state index >= 15 is 0 Å². The number of hydrogen-bond donors (Lipinski definition) is 2. The van der Waals surface area contributed by atoms with E-state index in [2.05, 4.69) is 19.2 Å². The van der Waals surface area contributed by atoms with Crippen molar-refractivity contribution in [3.05, 3.63) is 59.3 Å². The second kappa shape index (κ2) is 7.76. The summed E-state index contributed by atoms with van der Waals surface area (Å²) in [6.07, 6.45) is 1.10. The van der Waals surface area contributed by atoms with E-state index in [1.165, 1.54) is 6.92 Å². The number of nitrogens with zero attached hydrogens (tertiary/aromatic N) is 1. The van der Waals surface area contributed by atoms with Gasteiger partial charge in [-0.25, -0.2) is 0 Å². The molecule has 0 unspecified atom stereocenters. The molecule has 1 aliphatic carbocycles. The molecule has 2 aromatic carbocycles. The number of carbonyl (C=O) groups is 2. The van der Waals surface area contributed by atoms with Gasteiger partial charge in [-0.2, -0.15) is 0 Å². The van der Waals surface area contributed by atoms with Crippen LogP contribution in [-0.4, -0.2) is 23.4 Å². The maximum Gasteiger partial charge on any atom is 0.224 e. The van der Waals surface area contributed by atoms with Crippen molar-refractivity contribution in [2.45, 2.75) is 46.6 Å². The highest BCUT2D eigenvalue weighted by Gasteiger charge is 2.42. The number of nitrogens with one attached hydrogen (secondary N) is 1. The highest BCUT2D eigenvalue weighted by molar-refractivity contribution is 6.05. The summed E-state index contributed by atoms with van der Waals surface area (Å²) in [5.74, 6) is 0.211. The standard InChI is InChI=1S/C25H28N2O4/c1-5-31-22-12-16(10-11-20(22)29)24-23-18(13-25(3,4)14-21(23)30)26-17-8-6-7-9-19(17)27(24)15(2)28/h6-12,24,26,29H,5,13-14H2,1-4H3/t24-/m1/s1. The summed E-state index contributed by atoms with van der Waals surface area (Å²) in [5.41, 5.74) is 3.48. The van der Waals surface area contributed by atoms with Crippen molar-refractivity contribution in [1.29, 1.82) is 0 Å². The first-order valence-corrected chi connectivity index (χ1v) is 10.6. The van der Waals surface area contributed by atoms with Crippen molar-refractivity contribution < 1.29 is 19.4 Å². The summed E-state index contributed by atoms with van der Waals surface area (Å²) in [5, 5.41) is 13.7. The Morgan fingerprint density at radius 3 is 2.68 bits per heavy atom. The maximum atomic E-state index is 13.5. The smallest absolute Gasteiger partial charge is 0.224 e. The third kappa shape index (κ3) is 3.78. The van der Waals surface area contributed by atoms with E-state index in [4.69, 9.17) is 4.74 Å². The molecule has 6 nitrogen and oxygen atoms in total. The van der Waals surface area contributed by atoms with Gasteiger partial charge in [-0.1, -0.05) is 32.0 Å². The van der Waals surface area contributed by atoms with E-state index in [-0.39, 0.29) is 22.9 Å². The van der Waals surface area contributed by atoms with Crippen molar-refractivity contribution in [3.8, 4) is 11.5 Å². The lowest BCUT2D eigenvalue weighted by Crippen LogP contribution is -2.38. The van der Waals surface area contributed by atoms with Crippen molar-refractivity contribution in [2.75, 3.05) is 16.8 Å². The largest absolute Gasteiger partial charge is 0.504 e. The zero-order chi connectivity index (χ0) is 22.3. The average molecular weight is 421 g/mol. The summed E-state index contributed by atoms with van der Waals surface area (Å²) in [4.78, 5) is 28.1. The minimum atomic E-state index is -0.618. The van der Waals surface area contributed by atoms with E-state index in [0.29, 0.717) is 36.5 Å². The Morgan fingerprint density at radius 1 is 1.23 bits per heavy atom. The van der Waals surface area contributed by atoms with Gasteiger partial charge in [-0.3, -0.25) is 14.5 Å². The number of hydrogen-bond acceptors (Lipinski definition) is 5. The molecular weight excluding hydrogens is 392 g/mol. The lowest BCUT2D eigenvalue weighted by molar-refractivity contribution is -0.118. The average Bonchev–Trinajstić information content (AvgIpc) is 2.83. The number of amides is 1. The first kappa shape index (κ1) is 21.0. The summed E-state index contributed by atoms with van der Waals surface area (Å²) < 4.78 is 5.59. The number of aromatic hydroxyl groups is 1. The molecule has 0 radical (unpaired) electrons. The fourth-order valence-electron chi connectivity index (χ4n) is 4.62. The zero-order valence-electron chi connectivity index (χ0n) is 18.4. The summed E-state index contributed by atoms with van der Waals surface area (Å²) in [6.45, 7) is 7.91. The van der Waals surface area contributed by atoms with Crippen LogP contribution in [-0.2, 0) is 9.59 Å². The number of rotatable bonds is 3. The molecular formula is C25H28N2O4. The second-order valence-corrected chi connectivity index (χ2v) is 8.93. The predicted molar refractivity (Wildman–Crippen MR) is 120 cm³/mol. The van der Waals surface area contributed by atoms with Crippen LogP contribution in [0.5, 0.6) is 11.5 Å². The predicted octanol–water partition coefficient (Wildman–Crippen LogP) is 4.95. The minimum Gasteiger partial charge on any atom is -0.504 e. The van der Waals surface area contributed by atoms with E-state index in [1.807, 2.05) is 31.2 Å². The number of Topliss-reactive ketones (excluding diaryl/α,β-unsaturated/α-hetero) is 1. The number of benzene rings is 2. The van der Waals surface area contributed by atoms with Crippen LogP contribution in [0.3, 0.4) is 0 Å². The maximum absolute atomic E-state index is 13.5. The fourth-order valence-corrected chi connectivity index (χ4v) is 4.62. The number of ether oxygens (including phenoxy) is 1. The van der Waals surface area contributed by atoms with Crippen LogP contribution >= 0.6 is 0 Å². The van der Waals surface area contributed by atoms with E-state index in [9.17, 15) is 14.7 Å². The van der Waals surface area contributed by atoms with Crippen LogP contribution in [0.15, 0.2) is 53.7 Å². The monoisotopic (exact) mass is 420 g/mol. The lowest BCUT2D eigenvalue weighted by atomic mass is 9.73. The van der Waals surface area contributed by atoms with Crippen LogP contribution in [0, 0.1) is 5.41 Å². The molecule has 0 aromatic heterocycles. The van der Waals surface area contributed by atoms with Gasteiger partial charge in [0, 0.05) is 24.6 Å². The van der Waals surface area contributed by atoms with E-state index in [0.717, 1.165) is 16.9 Å². The highest BCUT2D eigenvalue weighted by Crippen LogP contribution is 2.49. The van der Waals surface area contributed by atoms with Crippen molar-refractivity contribution in [3.63, 3.8) is 0 Å². The summed E-state index contributed by atoms with van der Waals surface area (Å²) in [6, 6.07) is 12.0. The van der Waals surface area contributed by atoms with Crippen LogP contribution in [0.25, 0.3) is 0 Å². The molecule has 0 fully saturated rings. The second-order valence-electron chi connectivity index (χ2n) is 8.93. The quantitative estimate of drug-likeness (QED) is 0.734. The Labute approximate surface area is 182 Å². The van der Waals surface area contributed by atoms with Gasteiger partial charge in [0.1, 0.15) is 0 Å². The minimum absolute atomic E-state index is 0.0221. The Hall–Kier alpha value is -3.28. The number of phenolic OH excluding ortho intramolecular Hbond substituents is 1. The van der Waals surface area contributed by atoms with Gasteiger partial charge in [-0.05, 0) is 48.6 Å². The van der Waals surface area contributed by atoms with Crippen molar-refractivity contribution in [1.82, 2.24) is 0 Å². The number of para-hydroxylation sites is 2.